The smallest absolute Gasteiger partial charge is 0.265 e. The monoisotopic (exact) mass is 166 g/mol. The Morgan fingerprint density at radius 1 is 1.27 bits per heavy atom. The van der Waals surface area contributed by atoms with Gasteiger partial charge in [0.15, 0.2) is 0 Å². The van der Waals surface area contributed by atoms with E-state index >= 15 is 0 Å². The van der Waals surface area contributed by atoms with Crippen LogP contribution in [-0.2, 0) is 0 Å². The zero-order chi connectivity index (χ0) is 7.84. The van der Waals surface area contributed by atoms with Gasteiger partial charge in [0, 0.05) is 0 Å². The summed E-state index contributed by atoms with van der Waals surface area (Å²) in [6.45, 7) is 0. The molecule has 0 aliphatic carbocycles. The zero-order valence-electron chi connectivity index (χ0n) is 5.41. The van der Waals surface area contributed by atoms with Crippen molar-refractivity contribution in [1.82, 2.24) is 0 Å². The number of halogens is 1. The third kappa shape index (κ3) is 0.851. The van der Waals surface area contributed by atoms with Crippen LogP contribution in [0, 0.1) is 0 Å². The summed E-state index contributed by atoms with van der Waals surface area (Å²) in [5, 5.41) is 7.41. The summed E-state index contributed by atoms with van der Waals surface area (Å²) in [4.78, 5) is 10.9. The van der Waals surface area contributed by atoms with Crippen LogP contribution in [-0.4, -0.2) is 5.91 Å². The summed E-state index contributed by atoms with van der Waals surface area (Å²) < 4.78 is 0. The summed E-state index contributed by atoms with van der Waals surface area (Å²) in [6, 6.07) is 5.09. The van der Waals surface area contributed by atoms with Gasteiger partial charge in [0.2, 0.25) is 0 Å². The number of hydrogen-bond donors (Lipinski definition) is 0. The zero-order valence-corrected chi connectivity index (χ0v) is 6.17. The minimum atomic E-state index is -0.356. The molecular formula is C7H3ClN2O. The lowest BCUT2D eigenvalue weighted by Gasteiger charge is -1.93. The number of azo groups is 1. The molecule has 0 spiro atoms. The molecule has 1 aliphatic heterocycles. The molecule has 0 aromatic heterocycles. The second kappa shape index (κ2) is 2.13. The summed E-state index contributed by atoms with van der Waals surface area (Å²) in [7, 11) is 0. The fourth-order valence-corrected chi connectivity index (χ4v) is 1.21. The molecule has 1 aromatic carbocycles. The maximum Gasteiger partial charge on any atom is 0.299 e. The molecule has 0 unspecified atom stereocenters. The van der Waals surface area contributed by atoms with Crippen molar-refractivity contribution in [3.05, 3.63) is 28.8 Å². The van der Waals surface area contributed by atoms with E-state index in [4.69, 9.17) is 11.6 Å². The Morgan fingerprint density at radius 3 is 2.82 bits per heavy atom. The van der Waals surface area contributed by atoms with Gasteiger partial charge in [0.25, 0.3) is 5.91 Å². The van der Waals surface area contributed by atoms with Crippen molar-refractivity contribution in [3.8, 4) is 0 Å². The molecule has 0 radical (unpaired) electrons. The van der Waals surface area contributed by atoms with Crippen LogP contribution < -0.4 is 0 Å². The minimum absolute atomic E-state index is 0.356. The molecule has 1 amide bonds. The molecule has 0 N–H and O–H groups in total. The van der Waals surface area contributed by atoms with Crippen molar-refractivity contribution in [3.63, 3.8) is 0 Å². The minimum Gasteiger partial charge on any atom is -0.265 e. The Kier molecular flexibility index (Phi) is 1.26. The van der Waals surface area contributed by atoms with Crippen LogP contribution in [0.15, 0.2) is 28.4 Å². The van der Waals surface area contributed by atoms with E-state index < -0.39 is 0 Å². The summed E-state index contributed by atoms with van der Waals surface area (Å²) >= 11 is 5.72. The van der Waals surface area contributed by atoms with Gasteiger partial charge in [-0.25, -0.2) is 0 Å². The Morgan fingerprint density at radius 2 is 2.09 bits per heavy atom. The maximum atomic E-state index is 10.9. The van der Waals surface area contributed by atoms with Gasteiger partial charge in [-0.3, -0.25) is 4.79 Å². The lowest BCUT2D eigenvalue weighted by Crippen LogP contribution is -1.89. The van der Waals surface area contributed by atoms with E-state index in [1.807, 2.05) is 0 Å². The molecule has 1 heterocycles. The van der Waals surface area contributed by atoms with Gasteiger partial charge in [-0.05, 0) is 12.1 Å². The van der Waals surface area contributed by atoms with E-state index in [0.717, 1.165) is 0 Å². The van der Waals surface area contributed by atoms with Gasteiger partial charge in [0.1, 0.15) is 5.69 Å². The first-order valence-corrected chi connectivity index (χ1v) is 3.41. The Hall–Kier alpha value is -1.22. The average molecular weight is 167 g/mol. The molecule has 1 aliphatic rings. The molecule has 0 saturated heterocycles. The van der Waals surface area contributed by atoms with E-state index in [0.29, 0.717) is 16.3 Å². The van der Waals surface area contributed by atoms with E-state index in [2.05, 4.69) is 10.2 Å². The van der Waals surface area contributed by atoms with Crippen LogP contribution in [0.2, 0.25) is 5.02 Å². The van der Waals surface area contributed by atoms with Crippen LogP contribution in [0.5, 0.6) is 0 Å². The second-order valence-electron chi connectivity index (χ2n) is 2.14. The van der Waals surface area contributed by atoms with Gasteiger partial charge in [-0.1, -0.05) is 17.7 Å². The molecule has 0 bridgehead atoms. The predicted octanol–water partition coefficient (Wildman–Crippen LogP) is 2.58. The number of nitrogens with zero attached hydrogens (tertiary/aromatic N) is 2. The van der Waals surface area contributed by atoms with Crippen LogP contribution in [0.25, 0.3) is 0 Å². The number of carbonyl (C=O) groups is 1. The number of hydrogen-bond acceptors (Lipinski definition) is 2. The molecule has 3 nitrogen and oxygen atoms in total. The molecule has 4 heteroatoms. The Balaban J connectivity index is 2.74. The first kappa shape index (κ1) is 6.49. The predicted molar refractivity (Wildman–Crippen MR) is 40.3 cm³/mol. The van der Waals surface area contributed by atoms with E-state index in [9.17, 15) is 4.79 Å². The Bertz CT molecular complexity index is 359. The highest BCUT2D eigenvalue weighted by atomic mass is 35.5. The highest BCUT2D eigenvalue weighted by Crippen LogP contribution is 2.31. The maximum absolute atomic E-state index is 10.9. The number of benzene rings is 1. The van der Waals surface area contributed by atoms with Gasteiger partial charge in [-0.15, -0.1) is 10.2 Å². The van der Waals surface area contributed by atoms with Crippen LogP contribution in [0.3, 0.4) is 0 Å². The Labute approximate surface area is 67.7 Å². The lowest BCUT2D eigenvalue weighted by molar-refractivity contribution is 0.100. The SMILES string of the molecule is O=C1N=Nc2cccc(Cl)c21. The molecular weight excluding hydrogens is 164 g/mol. The first-order chi connectivity index (χ1) is 5.29. The normalized spacial score (nSPS) is 13.7. The number of rotatable bonds is 0. The molecule has 0 fully saturated rings. The number of fused-ring (bicyclic) bond motifs is 1. The second-order valence-corrected chi connectivity index (χ2v) is 2.55. The van der Waals surface area contributed by atoms with E-state index in [1.54, 1.807) is 18.2 Å². The van der Waals surface area contributed by atoms with E-state index in [1.165, 1.54) is 0 Å². The van der Waals surface area contributed by atoms with Crippen molar-refractivity contribution < 1.29 is 4.79 Å². The number of amides is 1. The van der Waals surface area contributed by atoms with Gasteiger partial charge >= 0.3 is 0 Å². The van der Waals surface area contributed by atoms with Crippen molar-refractivity contribution >= 4 is 23.2 Å². The van der Waals surface area contributed by atoms with Crippen LogP contribution in [0.4, 0.5) is 5.69 Å². The highest BCUT2D eigenvalue weighted by Gasteiger charge is 2.19. The largest absolute Gasteiger partial charge is 0.299 e. The molecule has 1 aromatic rings. The van der Waals surface area contributed by atoms with Gasteiger partial charge in [-0.2, -0.15) is 0 Å². The van der Waals surface area contributed by atoms with E-state index in [-0.39, 0.29) is 5.91 Å². The quantitative estimate of drug-likeness (QED) is 0.584. The average Bonchev–Trinajstić information content (AvgIpc) is 2.34. The van der Waals surface area contributed by atoms with Crippen molar-refractivity contribution in [1.29, 1.82) is 0 Å². The molecule has 2 rings (SSSR count). The third-order valence-electron chi connectivity index (χ3n) is 1.45. The third-order valence-corrected chi connectivity index (χ3v) is 1.77. The topological polar surface area (TPSA) is 41.8 Å². The fourth-order valence-electron chi connectivity index (χ4n) is 0.957. The lowest BCUT2D eigenvalue weighted by atomic mass is 10.2. The van der Waals surface area contributed by atoms with Crippen LogP contribution >= 0.6 is 11.6 Å². The summed E-state index contributed by atoms with van der Waals surface area (Å²) in [5.74, 6) is -0.356. The molecule has 0 atom stereocenters. The first-order valence-electron chi connectivity index (χ1n) is 3.03. The molecule has 0 saturated carbocycles. The highest BCUT2D eigenvalue weighted by molar-refractivity contribution is 6.34. The molecule has 54 valence electrons. The van der Waals surface area contributed by atoms with Crippen molar-refractivity contribution in [2.45, 2.75) is 0 Å². The summed E-state index contributed by atoms with van der Waals surface area (Å²) in [6.07, 6.45) is 0. The standard InChI is InChI=1S/C7H3ClN2O/c8-4-2-1-3-5-6(4)7(11)10-9-5/h1-3H. The van der Waals surface area contributed by atoms with Gasteiger partial charge < -0.3 is 0 Å². The van der Waals surface area contributed by atoms with Crippen molar-refractivity contribution in [2.24, 2.45) is 10.2 Å². The fraction of sp³-hybridized carbons (Fsp3) is 0. The molecule has 11 heavy (non-hydrogen) atoms. The number of carbonyl (C=O) groups excluding carboxylic acids is 1. The van der Waals surface area contributed by atoms with Crippen LogP contribution in [0.1, 0.15) is 10.4 Å². The van der Waals surface area contributed by atoms with Gasteiger partial charge in [0.05, 0.1) is 10.6 Å². The summed E-state index contributed by atoms with van der Waals surface area (Å²) in [5.41, 5.74) is 0.969. The van der Waals surface area contributed by atoms with Crippen molar-refractivity contribution in [2.75, 3.05) is 0 Å².